The quantitative estimate of drug-likeness (QED) is 0.598. The van der Waals surface area contributed by atoms with Gasteiger partial charge in [-0.25, -0.2) is 4.79 Å². The van der Waals surface area contributed by atoms with E-state index in [4.69, 9.17) is 4.74 Å². The Morgan fingerprint density at radius 1 is 0.926 bits per heavy atom. The first-order valence-corrected chi connectivity index (χ1v) is 9.43. The average Bonchev–Trinajstić information content (AvgIpc) is 2.87. The number of likely N-dealkylation sites (tertiary alicyclic amines) is 1. The fraction of sp³-hybridized carbons (Fsp3) is 0.500. The van der Waals surface area contributed by atoms with E-state index in [0.717, 1.165) is 30.6 Å². The number of hydrogen-bond acceptors (Lipinski definition) is 5. The largest absolute Gasteiger partial charge is 0.449 e. The molecule has 7 heteroatoms. The molecule has 7 nitrogen and oxygen atoms in total. The summed E-state index contributed by atoms with van der Waals surface area (Å²) in [6.45, 7) is 2.99. The molecule has 1 atom stereocenters. The Morgan fingerprint density at radius 3 is 2.04 bits per heavy atom. The molecule has 144 valence electrons. The Hall–Kier alpha value is -2.70. The second-order valence-electron chi connectivity index (χ2n) is 6.96. The number of carbonyl (C=O) groups excluding carboxylic acids is 4. The minimum absolute atomic E-state index is 0.171. The maximum Gasteiger partial charge on any atom is 0.338 e. The second-order valence-corrected chi connectivity index (χ2v) is 6.96. The highest BCUT2D eigenvalue weighted by molar-refractivity contribution is 6.19. The number of esters is 1. The highest BCUT2D eigenvalue weighted by Gasteiger charge is 2.30. The molecule has 3 rings (SSSR count). The van der Waals surface area contributed by atoms with Gasteiger partial charge in [-0.15, -0.1) is 0 Å². The molecular weight excluding hydrogens is 348 g/mol. The van der Waals surface area contributed by atoms with E-state index < -0.39 is 12.1 Å². The summed E-state index contributed by atoms with van der Waals surface area (Å²) in [6, 6.07) is 6.08. The molecule has 2 saturated heterocycles. The van der Waals surface area contributed by atoms with Crippen LogP contribution < -0.4 is 4.90 Å². The van der Waals surface area contributed by atoms with Crippen molar-refractivity contribution in [3.63, 3.8) is 0 Å². The number of carbonyl (C=O) groups is 4. The molecule has 0 bridgehead atoms. The van der Waals surface area contributed by atoms with Crippen molar-refractivity contribution >= 4 is 29.4 Å². The summed E-state index contributed by atoms with van der Waals surface area (Å²) in [6.07, 6.45) is 3.75. The lowest BCUT2D eigenvalue weighted by Gasteiger charge is -2.24. The number of ether oxygens (including phenoxy) is 1. The third-order valence-corrected chi connectivity index (χ3v) is 4.96. The zero-order valence-corrected chi connectivity index (χ0v) is 15.5. The third kappa shape index (κ3) is 4.35. The highest BCUT2D eigenvalue weighted by atomic mass is 16.5. The number of hydrogen-bond donors (Lipinski definition) is 0. The van der Waals surface area contributed by atoms with Gasteiger partial charge in [0, 0.05) is 25.9 Å². The first-order valence-electron chi connectivity index (χ1n) is 9.43. The SMILES string of the molecule is CC(OC(=O)c1ccc(N2C(=O)CCC2=O)cc1)C(=O)N1CCCCCC1. The topological polar surface area (TPSA) is 84.0 Å². The van der Waals surface area contributed by atoms with E-state index in [0.29, 0.717) is 18.8 Å². The van der Waals surface area contributed by atoms with Gasteiger partial charge in [-0.2, -0.15) is 0 Å². The Kier molecular flexibility index (Phi) is 5.88. The van der Waals surface area contributed by atoms with Crippen LogP contribution in [0.15, 0.2) is 24.3 Å². The van der Waals surface area contributed by atoms with Crippen molar-refractivity contribution in [2.24, 2.45) is 0 Å². The lowest BCUT2D eigenvalue weighted by molar-refractivity contribution is -0.139. The fourth-order valence-corrected chi connectivity index (χ4v) is 3.44. The van der Waals surface area contributed by atoms with Crippen molar-refractivity contribution in [1.82, 2.24) is 4.90 Å². The van der Waals surface area contributed by atoms with Gasteiger partial charge in [-0.3, -0.25) is 19.3 Å². The maximum atomic E-state index is 12.5. The van der Waals surface area contributed by atoms with E-state index in [9.17, 15) is 19.2 Å². The number of imide groups is 1. The average molecular weight is 372 g/mol. The lowest BCUT2D eigenvalue weighted by Crippen LogP contribution is -2.40. The number of amides is 3. The standard InChI is InChI=1S/C20H24N2O5/c1-14(19(25)21-12-4-2-3-5-13-21)27-20(26)15-6-8-16(9-7-15)22-17(23)10-11-18(22)24/h6-9,14H,2-5,10-13H2,1H3. The molecule has 0 N–H and O–H groups in total. The Balaban J connectivity index is 1.61. The summed E-state index contributed by atoms with van der Waals surface area (Å²) in [7, 11) is 0. The molecular formula is C20H24N2O5. The predicted molar refractivity (Wildman–Crippen MR) is 98.1 cm³/mol. The number of benzene rings is 1. The van der Waals surface area contributed by atoms with Gasteiger partial charge in [0.2, 0.25) is 11.8 Å². The Bertz CT molecular complexity index is 719. The molecule has 0 aromatic heterocycles. The smallest absolute Gasteiger partial charge is 0.338 e. The summed E-state index contributed by atoms with van der Waals surface area (Å²) in [5.74, 6) is -1.26. The van der Waals surface area contributed by atoms with Crippen LogP contribution in [0.3, 0.4) is 0 Å². The zero-order valence-electron chi connectivity index (χ0n) is 15.5. The molecule has 0 spiro atoms. The van der Waals surface area contributed by atoms with Crippen molar-refractivity contribution in [2.75, 3.05) is 18.0 Å². The van der Waals surface area contributed by atoms with Crippen molar-refractivity contribution < 1.29 is 23.9 Å². The molecule has 0 radical (unpaired) electrons. The van der Waals surface area contributed by atoms with E-state index in [1.54, 1.807) is 24.0 Å². The number of anilines is 1. The minimum atomic E-state index is -0.850. The van der Waals surface area contributed by atoms with Gasteiger partial charge in [-0.05, 0) is 44.0 Å². The zero-order chi connectivity index (χ0) is 19.4. The van der Waals surface area contributed by atoms with E-state index >= 15 is 0 Å². The predicted octanol–water partition coefficient (Wildman–Crippen LogP) is 2.29. The molecule has 0 aliphatic carbocycles. The van der Waals surface area contributed by atoms with E-state index in [2.05, 4.69) is 0 Å². The summed E-state index contributed by atoms with van der Waals surface area (Å²) in [5, 5.41) is 0. The summed E-state index contributed by atoms with van der Waals surface area (Å²) < 4.78 is 5.32. The molecule has 2 fully saturated rings. The van der Waals surface area contributed by atoms with Crippen LogP contribution >= 0.6 is 0 Å². The van der Waals surface area contributed by atoms with E-state index in [-0.39, 0.29) is 36.1 Å². The molecule has 3 amide bonds. The molecule has 1 aromatic carbocycles. The lowest BCUT2D eigenvalue weighted by atomic mass is 10.2. The number of rotatable bonds is 4. The van der Waals surface area contributed by atoms with Crippen LogP contribution in [-0.4, -0.2) is 47.8 Å². The summed E-state index contributed by atoms with van der Waals surface area (Å²) in [5.41, 5.74) is 0.709. The minimum Gasteiger partial charge on any atom is -0.449 e. The van der Waals surface area contributed by atoms with E-state index in [1.165, 1.54) is 12.1 Å². The van der Waals surface area contributed by atoms with Crippen molar-refractivity contribution in [2.45, 2.75) is 51.6 Å². The van der Waals surface area contributed by atoms with Gasteiger partial charge >= 0.3 is 5.97 Å². The van der Waals surface area contributed by atoms with Crippen molar-refractivity contribution in [1.29, 1.82) is 0 Å². The van der Waals surface area contributed by atoms with Gasteiger partial charge in [-0.1, -0.05) is 12.8 Å². The van der Waals surface area contributed by atoms with E-state index in [1.807, 2.05) is 0 Å². The first-order chi connectivity index (χ1) is 13.0. The van der Waals surface area contributed by atoms with Crippen LogP contribution in [0, 0.1) is 0 Å². The molecule has 1 aromatic rings. The van der Waals surface area contributed by atoms with Crippen LogP contribution in [0.25, 0.3) is 0 Å². The van der Waals surface area contributed by atoms with Crippen LogP contribution in [0.5, 0.6) is 0 Å². The van der Waals surface area contributed by atoms with Crippen LogP contribution in [0.4, 0.5) is 5.69 Å². The third-order valence-electron chi connectivity index (χ3n) is 4.96. The van der Waals surface area contributed by atoms with Gasteiger partial charge in [0.15, 0.2) is 6.10 Å². The second kappa shape index (κ2) is 8.33. The number of nitrogens with zero attached hydrogens (tertiary/aromatic N) is 2. The molecule has 2 heterocycles. The highest BCUT2D eigenvalue weighted by Crippen LogP contribution is 2.23. The first kappa shape index (κ1) is 19.1. The van der Waals surface area contributed by atoms with Crippen LogP contribution in [0.1, 0.15) is 55.8 Å². The Morgan fingerprint density at radius 2 is 1.48 bits per heavy atom. The van der Waals surface area contributed by atoms with Gasteiger partial charge in [0.1, 0.15) is 0 Å². The van der Waals surface area contributed by atoms with Gasteiger partial charge in [0.05, 0.1) is 11.3 Å². The van der Waals surface area contributed by atoms with Crippen molar-refractivity contribution in [3.05, 3.63) is 29.8 Å². The monoisotopic (exact) mass is 372 g/mol. The summed E-state index contributed by atoms with van der Waals surface area (Å²) >= 11 is 0. The molecule has 0 saturated carbocycles. The maximum absolute atomic E-state index is 12.5. The molecule has 2 aliphatic heterocycles. The summed E-state index contributed by atoms with van der Waals surface area (Å²) in [4.78, 5) is 51.2. The van der Waals surface area contributed by atoms with Gasteiger partial charge in [0.25, 0.3) is 5.91 Å². The van der Waals surface area contributed by atoms with Crippen LogP contribution in [0.2, 0.25) is 0 Å². The fourth-order valence-electron chi connectivity index (χ4n) is 3.44. The normalized spacial score (nSPS) is 19.0. The van der Waals surface area contributed by atoms with Crippen molar-refractivity contribution in [3.8, 4) is 0 Å². The molecule has 2 aliphatic rings. The van der Waals surface area contributed by atoms with Crippen LogP contribution in [-0.2, 0) is 19.1 Å². The Labute approximate surface area is 158 Å². The molecule has 27 heavy (non-hydrogen) atoms. The molecule has 1 unspecified atom stereocenters. The van der Waals surface area contributed by atoms with Gasteiger partial charge < -0.3 is 9.64 Å².